The Morgan fingerprint density at radius 2 is 1.95 bits per heavy atom. The van der Waals surface area contributed by atoms with Crippen molar-refractivity contribution in [2.24, 2.45) is 5.73 Å². The van der Waals surface area contributed by atoms with Gasteiger partial charge < -0.3 is 21.3 Å². The van der Waals surface area contributed by atoms with Crippen LogP contribution in [0.3, 0.4) is 0 Å². The van der Waals surface area contributed by atoms with E-state index in [0.29, 0.717) is 24.3 Å². The molecule has 4 N–H and O–H groups in total. The van der Waals surface area contributed by atoms with Gasteiger partial charge in [0.15, 0.2) is 0 Å². The van der Waals surface area contributed by atoms with Crippen molar-refractivity contribution in [2.75, 3.05) is 18.4 Å². The fraction of sp³-hybridized carbons (Fsp3) is 0.467. The van der Waals surface area contributed by atoms with Gasteiger partial charge in [-0.25, -0.2) is 4.79 Å². The second kappa shape index (κ2) is 6.58. The first kappa shape index (κ1) is 15.3. The lowest BCUT2D eigenvalue weighted by atomic mass is 10.2. The van der Waals surface area contributed by atoms with E-state index in [2.05, 4.69) is 10.6 Å². The first-order valence-corrected chi connectivity index (χ1v) is 7.18. The van der Waals surface area contributed by atoms with Crippen molar-refractivity contribution < 1.29 is 9.59 Å². The zero-order valence-electron chi connectivity index (χ0n) is 12.4. The third-order valence-electron chi connectivity index (χ3n) is 3.32. The van der Waals surface area contributed by atoms with E-state index in [1.807, 2.05) is 13.8 Å². The number of likely N-dealkylation sites (tertiary alicyclic amines) is 1. The Morgan fingerprint density at radius 1 is 1.29 bits per heavy atom. The first-order valence-electron chi connectivity index (χ1n) is 7.18. The number of nitrogens with one attached hydrogen (secondary N) is 2. The Labute approximate surface area is 124 Å². The number of carbonyl (C=O) groups excluding carboxylic acids is 2. The summed E-state index contributed by atoms with van der Waals surface area (Å²) >= 11 is 0. The minimum absolute atomic E-state index is 0.0128. The van der Waals surface area contributed by atoms with Gasteiger partial charge in [-0.3, -0.25) is 4.79 Å². The van der Waals surface area contributed by atoms with Crippen molar-refractivity contribution in [3.63, 3.8) is 0 Å². The number of nitrogens with zero attached hydrogens (tertiary/aromatic N) is 1. The molecule has 0 aliphatic carbocycles. The molecular weight excluding hydrogens is 268 g/mol. The molecular formula is C15H22N4O2. The van der Waals surface area contributed by atoms with Gasteiger partial charge >= 0.3 is 6.03 Å². The number of amides is 3. The van der Waals surface area contributed by atoms with Gasteiger partial charge in [-0.2, -0.15) is 0 Å². The van der Waals surface area contributed by atoms with Crippen molar-refractivity contribution in [2.45, 2.75) is 32.4 Å². The number of nitrogens with two attached hydrogens (primary N) is 1. The molecule has 2 rings (SSSR count). The van der Waals surface area contributed by atoms with Crippen molar-refractivity contribution in [1.29, 1.82) is 0 Å². The third-order valence-corrected chi connectivity index (χ3v) is 3.32. The fourth-order valence-corrected chi connectivity index (χ4v) is 2.28. The highest BCUT2D eigenvalue weighted by atomic mass is 16.2. The molecule has 0 bridgehead atoms. The molecule has 1 aromatic carbocycles. The molecule has 21 heavy (non-hydrogen) atoms. The molecule has 6 heteroatoms. The van der Waals surface area contributed by atoms with Crippen LogP contribution in [0, 0.1) is 0 Å². The van der Waals surface area contributed by atoms with Crippen molar-refractivity contribution >= 4 is 17.6 Å². The highest BCUT2D eigenvalue weighted by Gasteiger charge is 2.24. The molecule has 0 aromatic heterocycles. The molecule has 1 heterocycles. The minimum Gasteiger partial charge on any atom is -0.337 e. The Hall–Kier alpha value is -2.08. The predicted octanol–water partition coefficient (Wildman–Crippen LogP) is 1.39. The Bertz CT molecular complexity index is 513. The average Bonchev–Trinajstić information content (AvgIpc) is 2.84. The number of hydrogen-bond donors (Lipinski definition) is 3. The first-order chi connectivity index (χ1) is 9.95. The summed E-state index contributed by atoms with van der Waals surface area (Å²) in [6, 6.07) is 6.79. The van der Waals surface area contributed by atoms with Gasteiger partial charge in [0, 0.05) is 36.4 Å². The second-order valence-electron chi connectivity index (χ2n) is 5.63. The summed E-state index contributed by atoms with van der Waals surface area (Å²) in [5.74, 6) is -0.0128. The van der Waals surface area contributed by atoms with Crippen LogP contribution in [0.25, 0.3) is 0 Å². The van der Waals surface area contributed by atoms with Crippen molar-refractivity contribution in [1.82, 2.24) is 10.2 Å². The Morgan fingerprint density at radius 3 is 2.48 bits per heavy atom. The topological polar surface area (TPSA) is 87.5 Å². The van der Waals surface area contributed by atoms with Crippen LogP contribution in [0.15, 0.2) is 24.3 Å². The summed E-state index contributed by atoms with van der Waals surface area (Å²) in [5, 5.41) is 5.46. The maximum Gasteiger partial charge on any atom is 0.319 e. The molecule has 1 atom stereocenters. The number of hydrogen-bond acceptors (Lipinski definition) is 3. The summed E-state index contributed by atoms with van der Waals surface area (Å²) in [7, 11) is 0. The van der Waals surface area contributed by atoms with Crippen molar-refractivity contribution in [3.8, 4) is 0 Å². The second-order valence-corrected chi connectivity index (χ2v) is 5.63. The van der Waals surface area contributed by atoms with Crippen LogP contribution in [0.1, 0.15) is 30.6 Å². The number of rotatable bonds is 3. The van der Waals surface area contributed by atoms with E-state index in [1.54, 1.807) is 29.2 Å². The number of carbonyl (C=O) groups is 2. The maximum absolute atomic E-state index is 12.2. The fourth-order valence-electron chi connectivity index (χ4n) is 2.28. The normalized spacial score (nSPS) is 17.9. The van der Waals surface area contributed by atoms with E-state index in [-0.39, 0.29) is 24.0 Å². The lowest BCUT2D eigenvalue weighted by molar-refractivity contribution is 0.0791. The van der Waals surface area contributed by atoms with E-state index >= 15 is 0 Å². The molecule has 0 unspecified atom stereocenters. The zero-order valence-corrected chi connectivity index (χ0v) is 12.4. The SMILES string of the molecule is CC(C)NC(=O)Nc1ccc(C(=O)N2CC[C@@H](N)C2)cc1. The van der Waals surface area contributed by atoms with Gasteiger partial charge in [0.2, 0.25) is 0 Å². The average molecular weight is 290 g/mol. The molecule has 6 nitrogen and oxygen atoms in total. The van der Waals surface area contributed by atoms with Crippen molar-refractivity contribution in [3.05, 3.63) is 29.8 Å². The summed E-state index contributed by atoms with van der Waals surface area (Å²) in [6.07, 6.45) is 0.848. The number of anilines is 1. The van der Waals surface area contributed by atoms with Crippen LogP contribution in [0.2, 0.25) is 0 Å². The molecule has 0 spiro atoms. The number of urea groups is 1. The monoisotopic (exact) mass is 290 g/mol. The summed E-state index contributed by atoms with van der Waals surface area (Å²) in [6.45, 7) is 5.09. The molecule has 1 fully saturated rings. The van der Waals surface area contributed by atoms with Gasteiger partial charge in [-0.05, 0) is 44.5 Å². The quantitative estimate of drug-likeness (QED) is 0.786. The molecule has 0 radical (unpaired) electrons. The van der Waals surface area contributed by atoms with Gasteiger partial charge in [-0.15, -0.1) is 0 Å². The van der Waals surface area contributed by atoms with Crippen LogP contribution < -0.4 is 16.4 Å². The zero-order chi connectivity index (χ0) is 15.4. The standard InChI is InChI=1S/C15H22N4O2/c1-10(2)17-15(21)18-13-5-3-11(4-6-13)14(20)19-8-7-12(16)9-19/h3-6,10,12H,7-9,16H2,1-2H3,(H2,17,18,21)/t12-/m1/s1. The molecule has 1 aromatic rings. The minimum atomic E-state index is -0.255. The molecule has 1 aliphatic rings. The summed E-state index contributed by atoms with van der Waals surface area (Å²) in [4.78, 5) is 25.6. The van der Waals surface area contributed by atoms with Gasteiger partial charge in [0.05, 0.1) is 0 Å². The predicted molar refractivity (Wildman–Crippen MR) is 82.2 cm³/mol. The summed E-state index contributed by atoms with van der Waals surface area (Å²) < 4.78 is 0. The summed E-state index contributed by atoms with van der Waals surface area (Å²) in [5.41, 5.74) is 7.08. The van der Waals surface area contributed by atoms with Crippen LogP contribution in [-0.2, 0) is 0 Å². The van der Waals surface area contributed by atoms with E-state index in [4.69, 9.17) is 5.73 Å². The largest absolute Gasteiger partial charge is 0.337 e. The van der Waals surface area contributed by atoms with E-state index < -0.39 is 0 Å². The van der Waals surface area contributed by atoms with Crippen LogP contribution in [-0.4, -0.2) is 42.0 Å². The Kier molecular flexibility index (Phi) is 4.80. The van der Waals surface area contributed by atoms with Crippen LogP contribution in [0.4, 0.5) is 10.5 Å². The third kappa shape index (κ3) is 4.19. The molecule has 114 valence electrons. The smallest absolute Gasteiger partial charge is 0.319 e. The van der Waals surface area contributed by atoms with Gasteiger partial charge in [0.25, 0.3) is 5.91 Å². The number of benzene rings is 1. The Balaban J connectivity index is 1.95. The van der Waals surface area contributed by atoms with E-state index in [1.165, 1.54) is 0 Å². The molecule has 0 saturated carbocycles. The molecule has 3 amide bonds. The van der Waals surface area contributed by atoms with Gasteiger partial charge in [-0.1, -0.05) is 0 Å². The highest BCUT2D eigenvalue weighted by Crippen LogP contribution is 2.15. The van der Waals surface area contributed by atoms with Gasteiger partial charge in [0.1, 0.15) is 0 Å². The van der Waals surface area contributed by atoms with E-state index in [0.717, 1.165) is 6.42 Å². The maximum atomic E-state index is 12.2. The lowest BCUT2D eigenvalue weighted by Crippen LogP contribution is -2.34. The highest BCUT2D eigenvalue weighted by molar-refractivity contribution is 5.95. The molecule has 1 saturated heterocycles. The van der Waals surface area contributed by atoms with E-state index in [9.17, 15) is 9.59 Å². The molecule has 1 aliphatic heterocycles. The lowest BCUT2D eigenvalue weighted by Gasteiger charge is -2.16. The van der Waals surface area contributed by atoms with Crippen LogP contribution >= 0.6 is 0 Å². The van der Waals surface area contributed by atoms with Crippen LogP contribution in [0.5, 0.6) is 0 Å².